The van der Waals surface area contributed by atoms with Crippen LogP contribution in [0.2, 0.25) is 0 Å². The van der Waals surface area contributed by atoms with Gasteiger partial charge in [-0.05, 0) is 56.2 Å². The first-order chi connectivity index (χ1) is 17.3. The number of rotatable bonds is 9. The zero-order valence-electron chi connectivity index (χ0n) is 20.3. The lowest BCUT2D eigenvalue weighted by Crippen LogP contribution is -2.16. The molecule has 0 spiro atoms. The lowest BCUT2D eigenvalue weighted by atomic mass is 10.1. The van der Waals surface area contributed by atoms with Crippen LogP contribution in [0.3, 0.4) is 0 Å². The highest BCUT2D eigenvalue weighted by molar-refractivity contribution is 7.16. The van der Waals surface area contributed by atoms with Crippen LogP contribution in [0.25, 0.3) is 6.08 Å². The molecule has 3 aromatic rings. The predicted molar refractivity (Wildman–Crippen MR) is 136 cm³/mol. The number of benzene rings is 2. The summed E-state index contributed by atoms with van der Waals surface area (Å²) in [6, 6.07) is 13.1. The Morgan fingerprint density at radius 1 is 1.17 bits per heavy atom. The summed E-state index contributed by atoms with van der Waals surface area (Å²) in [4.78, 5) is 26.1. The van der Waals surface area contributed by atoms with E-state index in [2.05, 4.69) is 5.32 Å². The maximum Gasteiger partial charge on any atom is 0.341 e. The van der Waals surface area contributed by atoms with E-state index in [0.29, 0.717) is 33.2 Å². The number of nitrogens with zero attached hydrogens (tertiary/aromatic N) is 1. The minimum absolute atomic E-state index is 0.00647. The van der Waals surface area contributed by atoms with Gasteiger partial charge in [-0.2, -0.15) is 5.26 Å². The molecule has 0 aliphatic carbocycles. The fraction of sp³-hybridized carbons (Fsp3) is 0.222. The Morgan fingerprint density at radius 3 is 2.58 bits per heavy atom. The molecule has 2 aromatic carbocycles. The highest BCUT2D eigenvalue weighted by Crippen LogP contribution is 2.34. The molecule has 0 saturated heterocycles. The third-order valence-corrected chi connectivity index (χ3v) is 6.42. The van der Waals surface area contributed by atoms with E-state index in [0.717, 1.165) is 4.88 Å². The summed E-state index contributed by atoms with van der Waals surface area (Å²) >= 11 is 1.24. The molecular weight excluding hydrogens is 483 g/mol. The van der Waals surface area contributed by atoms with Gasteiger partial charge in [0.2, 0.25) is 0 Å². The molecule has 1 N–H and O–H groups in total. The zero-order valence-corrected chi connectivity index (χ0v) is 21.1. The lowest BCUT2D eigenvalue weighted by Gasteiger charge is -2.12. The molecule has 0 unspecified atom stereocenters. The van der Waals surface area contributed by atoms with Gasteiger partial charge in [0.15, 0.2) is 11.5 Å². The Kier molecular flexibility index (Phi) is 8.81. The highest BCUT2D eigenvalue weighted by Gasteiger charge is 2.23. The van der Waals surface area contributed by atoms with Crippen molar-refractivity contribution in [3.05, 3.63) is 81.0 Å². The topological polar surface area (TPSA) is 97.7 Å². The molecular formula is C27H25FN2O5S. The monoisotopic (exact) mass is 508 g/mol. The van der Waals surface area contributed by atoms with Crippen molar-refractivity contribution in [1.29, 1.82) is 5.26 Å². The van der Waals surface area contributed by atoms with Gasteiger partial charge in [0.1, 0.15) is 29.1 Å². The minimum atomic E-state index is -0.664. The molecule has 0 aliphatic heterocycles. The van der Waals surface area contributed by atoms with Crippen LogP contribution in [0, 0.1) is 31.0 Å². The van der Waals surface area contributed by atoms with E-state index in [1.807, 2.05) is 13.0 Å². The Balaban J connectivity index is 1.81. The van der Waals surface area contributed by atoms with Crippen LogP contribution in [-0.2, 0) is 16.1 Å². The molecule has 7 nitrogen and oxygen atoms in total. The third kappa shape index (κ3) is 6.09. The van der Waals surface area contributed by atoms with E-state index < -0.39 is 11.9 Å². The molecule has 9 heteroatoms. The lowest BCUT2D eigenvalue weighted by molar-refractivity contribution is -0.112. The average Bonchev–Trinajstić information content (AvgIpc) is 3.14. The summed E-state index contributed by atoms with van der Waals surface area (Å²) in [7, 11) is 1.45. The first-order valence-electron chi connectivity index (χ1n) is 11.0. The number of halogens is 1. The number of anilines is 1. The number of amides is 1. The summed E-state index contributed by atoms with van der Waals surface area (Å²) in [6.45, 7) is 5.52. The van der Waals surface area contributed by atoms with Crippen molar-refractivity contribution in [1.82, 2.24) is 0 Å². The van der Waals surface area contributed by atoms with E-state index in [-0.39, 0.29) is 30.2 Å². The smallest absolute Gasteiger partial charge is 0.341 e. The molecule has 1 heterocycles. The summed E-state index contributed by atoms with van der Waals surface area (Å²) in [5, 5.41) is 12.6. The SMILES string of the molecule is CCOC(=O)c1c(NC(=O)/C(C#N)=C/c2ccc(OCc3ccccc3F)c(OC)c2)sc(C)c1C. The molecule has 1 aromatic heterocycles. The maximum absolute atomic E-state index is 13.9. The maximum atomic E-state index is 13.9. The number of ether oxygens (including phenoxy) is 3. The minimum Gasteiger partial charge on any atom is -0.493 e. The van der Waals surface area contributed by atoms with Gasteiger partial charge in [0.05, 0.1) is 19.3 Å². The Hall–Kier alpha value is -4.16. The van der Waals surface area contributed by atoms with E-state index in [1.165, 1.54) is 30.6 Å². The molecule has 36 heavy (non-hydrogen) atoms. The summed E-state index contributed by atoms with van der Waals surface area (Å²) in [5.41, 5.74) is 1.74. The molecule has 0 bridgehead atoms. The second kappa shape index (κ2) is 12.0. The van der Waals surface area contributed by atoms with Crippen molar-refractivity contribution >= 4 is 34.3 Å². The van der Waals surface area contributed by atoms with Crippen molar-refractivity contribution in [3.63, 3.8) is 0 Å². The van der Waals surface area contributed by atoms with Crippen molar-refractivity contribution in [2.24, 2.45) is 0 Å². The van der Waals surface area contributed by atoms with Gasteiger partial charge >= 0.3 is 5.97 Å². The Labute approximate surface area is 212 Å². The van der Waals surface area contributed by atoms with E-state index >= 15 is 0 Å². The van der Waals surface area contributed by atoms with Gasteiger partial charge < -0.3 is 19.5 Å². The number of nitrogens with one attached hydrogen (secondary N) is 1. The molecule has 0 aliphatic rings. The van der Waals surface area contributed by atoms with Crippen LogP contribution >= 0.6 is 11.3 Å². The summed E-state index contributed by atoms with van der Waals surface area (Å²) < 4.78 is 30.1. The fourth-order valence-corrected chi connectivity index (χ4v) is 4.36. The van der Waals surface area contributed by atoms with Gasteiger partial charge in [0.25, 0.3) is 5.91 Å². The number of esters is 1. The number of nitriles is 1. The van der Waals surface area contributed by atoms with Crippen molar-refractivity contribution < 1.29 is 28.2 Å². The third-order valence-electron chi connectivity index (χ3n) is 5.30. The number of hydrogen-bond acceptors (Lipinski definition) is 7. The van der Waals surface area contributed by atoms with Crippen LogP contribution in [0.4, 0.5) is 9.39 Å². The molecule has 0 saturated carbocycles. The number of thiophene rings is 1. The predicted octanol–water partition coefficient (Wildman–Crippen LogP) is 5.81. The molecule has 3 rings (SSSR count). The number of methoxy groups -OCH3 is 1. The Morgan fingerprint density at radius 2 is 1.92 bits per heavy atom. The summed E-state index contributed by atoms with van der Waals surface area (Å²) in [6.07, 6.45) is 1.40. The van der Waals surface area contributed by atoms with Crippen LogP contribution < -0.4 is 14.8 Å². The second-order valence-electron chi connectivity index (χ2n) is 7.62. The van der Waals surface area contributed by atoms with Crippen LogP contribution in [0.1, 0.15) is 38.8 Å². The van der Waals surface area contributed by atoms with E-state index in [1.54, 1.807) is 50.2 Å². The molecule has 186 valence electrons. The molecule has 1 amide bonds. The fourth-order valence-electron chi connectivity index (χ4n) is 3.31. The van der Waals surface area contributed by atoms with Crippen molar-refractivity contribution in [3.8, 4) is 17.6 Å². The quantitative estimate of drug-likeness (QED) is 0.222. The van der Waals surface area contributed by atoms with Crippen molar-refractivity contribution in [2.45, 2.75) is 27.4 Å². The second-order valence-corrected chi connectivity index (χ2v) is 8.85. The van der Waals surface area contributed by atoms with Gasteiger partial charge in [-0.3, -0.25) is 4.79 Å². The number of carbonyl (C=O) groups is 2. The van der Waals surface area contributed by atoms with Gasteiger partial charge in [-0.25, -0.2) is 9.18 Å². The standard InChI is InChI=1S/C27H25FN2O5S/c1-5-34-27(32)24-16(2)17(3)36-26(24)30-25(31)20(14-29)12-18-10-11-22(23(13-18)33-4)35-15-19-8-6-7-9-21(19)28/h6-13H,5,15H2,1-4H3,(H,30,31)/b20-12+. The van der Waals surface area contributed by atoms with E-state index in [9.17, 15) is 19.2 Å². The van der Waals surface area contributed by atoms with Crippen LogP contribution in [0.5, 0.6) is 11.5 Å². The number of aryl methyl sites for hydroxylation is 1. The van der Waals surface area contributed by atoms with Gasteiger partial charge in [-0.15, -0.1) is 11.3 Å². The Bertz CT molecular complexity index is 1360. The average molecular weight is 509 g/mol. The molecule has 0 radical (unpaired) electrons. The van der Waals surface area contributed by atoms with E-state index in [4.69, 9.17) is 14.2 Å². The zero-order chi connectivity index (χ0) is 26.2. The van der Waals surface area contributed by atoms with Crippen LogP contribution in [0.15, 0.2) is 48.0 Å². The van der Waals surface area contributed by atoms with Gasteiger partial charge in [0, 0.05) is 10.4 Å². The van der Waals surface area contributed by atoms with Crippen molar-refractivity contribution in [2.75, 3.05) is 19.0 Å². The number of carbonyl (C=O) groups excluding carboxylic acids is 2. The first-order valence-corrected chi connectivity index (χ1v) is 11.8. The van der Waals surface area contributed by atoms with Gasteiger partial charge in [-0.1, -0.05) is 24.3 Å². The van der Waals surface area contributed by atoms with Crippen LogP contribution in [-0.4, -0.2) is 25.6 Å². The molecule has 0 fully saturated rings. The summed E-state index contributed by atoms with van der Waals surface area (Å²) in [5.74, 6) is -0.838. The number of hydrogen-bond donors (Lipinski definition) is 1. The highest BCUT2D eigenvalue weighted by atomic mass is 32.1. The molecule has 0 atom stereocenters. The largest absolute Gasteiger partial charge is 0.493 e. The normalized spacial score (nSPS) is 10.9. The first kappa shape index (κ1) is 26.4.